The fraction of sp³-hybridized carbons (Fsp3) is 0.154. The van der Waals surface area contributed by atoms with E-state index >= 15 is 0 Å². The van der Waals surface area contributed by atoms with Gasteiger partial charge in [-0.1, -0.05) is 12.1 Å². The number of benzene rings is 1. The second-order valence-corrected chi connectivity index (χ2v) is 3.82. The molecule has 17 heavy (non-hydrogen) atoms. The van der Waals surface area contributed by atoms with Crippen molar-refractivity contribution in [1.29, 1.82) is 0 Å². The molecule has 86 valence electrons. The van der Waals surface area contributed by atoms with Crippen LogP contribution in [0.3, 0.4) is 0 Å². The van der Waals surface area contributed by atoms with Crippen LogP contribution in [0, 0.1) is 0 Å². The molecule has 0 aliphatic carbocycles. The van der Waals surface area contributed by atoms with E-state index in [2.05, 4.69) is 0 Å². The zero-order chi connectivity index (χ0) is 11.8. The normalized spacial score (nSPS) is 12.3. The molecule has 2 heterocycles. The average Bonchev–Trinajstić information content (AvgIpc) is 2.37. The van der Waals surface area contributed by atoms with E-state index in [9.17, 15) is 4.79 Å². The lowest BCUT2D eigenvalue weighted by Gasteiger charge is -2.23. The highest BCUT2D eigenvalue weighted by Crippen LogP contribution is 2.29. The van der Waals surface area contributed by atoms with Gasteiger partial charge >= 0.3 is 0 Å². The van der Waals surface area contributed by atoms with Crippen LogP contribution in [-0.4, -0.2) is 11.7 Å². The maximum atomic E-state index is 11.6. The molecule has 0 spiro atoms. The number of pyridine rings is 1. The number of rotatable bonds is 1. The Kier molecular flexibility index (Phi) is 2.14. The number of para-hydroxylation sites is 2. The number of ether oxygens (including phenoxy) is 2. The molecular formula is C13H11NO3. The van der Waals surface area contributed by atoms with Crippen LogP contribution >= 0.6 is 0 Å². The Morgan fingerprint density at radius 1 is 1.35 bits per heavy atom. The molecule has 0 bridgehead atoms. The van der Waals surface area contributed by atoms with Gasteiger partial charge in [-0.25, -0.2) is 0 Å². The molecule has 0 N–H and O–H groups in total. The van der Waals surface area contributed by atoms with Crippen LogP contribution in [0.15, 0.2) is 41.3 Å². The molecule has 1 aromatic heterocycles. The molecule has 3 rings (SSSR count). The summed E-state index contributed by atoms with van der Waals surface area (Å²) in [7, 11) is 1.49. The van der Waals surface area contributed by atoms with Gasteiger partial charge in [-0.15, -0.1) is 0 Å². The van der Waals surface area contributed by atoms with Crippen LogP contribution < -0.4 is 14.9 Å². The molecule has 1 aromatic carbocycles. The minimum absolute atomic E-state index is 0.123. The van der Waals surface area contributed by atoms with Crippen molar-refractivity contribution in [2.75, 3.05) is 7.11 Å². The van der Waals surface area contributed by atoms with Crippen molar-refractivity contribution in [1.82, 2.24) is 4.57 Å². The van der Waals surface area contributed by atoms with Crippen molar-refractivity contribution in [2.24, 2.45) is 0 Å². The Balaban J connectivity index is 2.28. The Bertz CT molecular complexity index is 631. The molecule has 0 saturated heterocycles. The number of methoxy groups -OCH3 is 1. The lowest BCUT2D eigenvalue weighted by molar-refractivity contribution is 0.282. The van der Waals surface area contributed by atoms with E-state index in [-0.39, 0.29) is 5.43 Å². The van der Waals surface area contributed by atoms with Gasteiger partial charge in [-0.3, -0.25) is 4.79 Å². The summed E-state index contributed by atoms with van der Waals surface area (Å²) >= 11 is 0. The van der Waals surface area contributed by atoms with Crippen LogP contribution in [0.4, 0.5) is 0 Å². The zero-order valence-electron chi connectivity index (χ0n) is 9.34. The van der Waals surface area contributed by atoms with Crippen molar-refractivity contribution in [2.45, 2.75) is 6.61 Å². The summed E-state index contributed by atoms with van der Waals surface area (Å²) in [4.78, 5) is 11.6. The number of nitrogens with zero attached hydrogens (tertiary/aromatic N) is 1. The van der Waals surface area contributed by atoms with Crippen LogP contribution in [0.5, 0.6) is 11.5 Å². The standard InChI is InChI=1S/C13H11NO3/c1-16-13-7-14-9(6-11(13)15)8-17-12-5-3-2-4-10(12)14/h2-7H,8H2,1H3. The van der Waals surface area contributed by atoms with Gasteiger partial charge in [0.05, 0.1) is 24.7 Å². The van der Waals surface area contributed by atoms with E-state index in [1.165, 1.54) is 7.11 Å². The third kappa shape index (κ3) is 1.49. The van der Waals surface area contributed by atoms with E-state index in [1.807, 2.05) is 28.8 Å². The second-order valence-electron chi connectivity index (χ2n) is 3.82. The largest absolute Gasteiger partial charge is 0.491 e. The number of hydrogen-bond acceptors (Lipinski definition) is 3. The quantitative estimate of drug-likeness (QED) is 0.747. The highest BCUT2D eigenvalue weighted by atomic mass is 16.5. The van der Waals surface area contributed by atoms with Crippen molar-refractivity contribution >= 4 is 0 Å². The third-order valence-electron chi connectivity index (χ3n) is 2.82. The molecule has 0 unspecified atom stereocenters. The molecule has 1 aliphatic heterocycles. The van der Waals surface area contributed by atoms with Crippen molar-refractivity contribution in [3.63, 3.8) is 0 Å². The second kappa shape index (κ2) is 3.66. The molecule has 1 aliphatic rings. The van der Waals surface area contributed by atoms with Gasteiger partial charge in [-0.05, 0) is 12.1 Å². The summed E-state index contributed by atoms with van der Waals surface area (Å²) in [6.45, 7) is 0.399. The van der Waals surface area contributed by atoms with E-state index in [4.69, 9.17) is 9.47 Å². The first kappa shape index (κ1) is 9.96. The Morgan fingerprint density at radius 2 is 2.18 bits per heavy atom. The number of aromatic nitrogens is 1. The lowest BCUT2D eigenvalue weighted by atomic mass is 10.2. The van der Waals surface area contributed by atoms with Crippen LogP contribution in [0.2, 0.25) is 0 Å². The predicted octanol–water partition coefficient (Wildman–Crippen LogP) is 1.74. The van der Waals surface area contributed by atoms with Crippen molar-refractivity contribution in [3.8, 4) is 17.2 Å². The van der Waals surface area contributed by atoms with E-state index in [0.29, 0.717) is 12.4 Å². The summed E-state index contributed by atoms with van der Waals surface area (Å²) < 4.78 is 12.6. The van der Waals surface area contributed by atoms with Gasteiger partial charge in [0.1, 0.15) is 12.4 Å². The zero-order valence-corrected chi connectivity index (χ0v) is 9.34. The van der Waals surface area contributed by atoms with Gasteiger partial charge < -0.3 is 14.0 Å². The first-order valence-corrected chi connectivity index (χ1v) is 5.31. The minimum Gasteiger partial charge on any atom is -0.491 e. The fourth-order valence-electron chi connectivity index (χ4n) is 1.97. The van der Waals surface area contributed by atoms with Gasteiger partial charge in [0, 0.05) is 6.07 Å². The topological polar surface area (TPSA) is 40.5 Å². The summed E-state index contributed by atoms with van der Waals surface area (Å²) in [5, 5.41) is 0. The summed E-state index contributed by atoms with van der Waals surface area (Å²) in [5.41, 5.74) is 1.63. The SMILES string of the molecule is COc1cn2c(cc1=O)COc1ccccc1-2. The lowest BCUT2D eigenvalue weighted by Crippen LogP contribution is -2.19. The Hall–Kier alpha value is -2.23. The first-order valence-electron chi connectivity index (χ1n) is 5.31. The summed E-state index contributed by atoms with van der Waals surface area (Å²) in [6, 6.07) is 9.25. The van der Waals surface area contributed by atoms with Crippen LogP contribution in [0.1, 0.15) is 5.69 Å². The summed E-state index contributed by atoms with van der Waals surface area (Å²) in [5.74, 6) is 1.15. The molecule has 4 nitrogen and oxygen atoms in total. The molecular weight excluding hydrogens is 218 g/mol. The van der Waals surface area contributed by atoms with Gasteiger partial charge in [0.25, 0.3) is 0 Å². The van der Waals surface area contributed by atoms with E-state index in [1.54, 1.807) is 12.3 Å². The molecule has 4 heteroatoms. The molecule has 0 saturated carbocycles. The first-order chi connectivity index (χ1) is 8.29. The van der Waals surface area contributed by atoms with E-state index < -0.39 is 0 Å². The van der Waals surface area contributed by atoms with Gasteiger partial charge in [0.15, 0.2) is 5.75 Å². The maximum Gasteiger partial charge on any atom is 0.223 e. The average molecular weight is 229 g/mol. The number of fused-ring (bicyclic) bond motifs is 3. The van der Waals surface area contributed by atoms with Crippen molar-refractivity contribution < 1.29 is 9.47 Å². The van der Waals surface area contributed by atoms with E-state index in [0.717, 1.165) is 17.1 Å². The Labute approximate surface area is 98.0 Å². The van der Waals surface area contributed by atoms with Gasteiger partial charge in [0.2, 0.25) is 5.43 Å². The van der Waals surface area contributed by atoms with Crippen LogP contribution in [0.25, 0.3) is 5.69 Å². The van der Waals surface area contributed by atoms with Crippen molar-refractivity contribution in [3.05, 3.63) is 52.4 Å². The molecule has 0 radical (unpaired) electrons. The molecule has 0 atom stereocenters. The molecule has 0 fully saturated rings. The maximum absolute atomic E-state index is 11.6. The molecule has 0 amide bonds. The fourth-order valence-corrected chi connectivity index (χ4v) is 1.97. The highest BCUT2D eigenvalue weighted by molar-refractivity contribution is 5.50. The monoisotopic (exact) mass is 229 g/mol. The minimum atomic E-state index is -0.123. The Morgan fingerprint density at radius 3 is 3.00 bits per heavy atom. The predicted molar refractivity (Wildman–Crippen MR) is 62.9 cm³/mol. The highest BCUT2D eigenvalue weighted by Gasteiger charge is 2.17. The number of hydrogen-bond donors (Lipinski definition) is 0. The van der Waals surface area contributed by atoms with Gasteiger partial charge in [-0.2, -0.15) is 0 Å². The molecule has 2 aromatic rings. The smallest absolute Gasteiger partial charge is 0.223 e. The van der Waals surface area contributed by atoms with Crippen LogP contribution in [-0.2, 0) is 6.61 Å². The summed E-state index contributed by atoms with van der Waals surface area (Å²) in [6.07, 6.45) is 1.71. The third-order valence-corrected chi connectivity index (χ3v) is 2.82.